The molecule has 0 saturated carbocycles. The van der Waals surface area contributed by atoms with Gasteiger partial charge in [0.1, 0.15) is 0 Å². The summed E-state index contributed by atoms with van der Waals surface area (Å²) in [6.45, 7) is 5.43. The van der Waals surface area contributed by atoms with Crippen molar-refractivity contribution in [2.45, 2.75) is 58.4 Å². The minimum atomic E-state index is 0.446. The maximum Gasteiger partial charge on any atom is 0.0410 e. The molecule has 0 saturated heterocycles. The van der Waals surface area contributed by atoms with E-state index < -0.39 is 0 Å². The molecule has 0 bridgehead atoms. The second kappa shape index (κ2) is 9.51. The Labute approximate surface area is 120 Å². The van der Waals surface area contributed by atoms with E-state index in [1.54, 1.807) is 0 Å². The molecule has 1 rings (SSSR count). The van der Waals surface area contributed by atoms with E-state index in [0.717, 1.165) is 11.0 Å². The van der Waals surface area contributed by atoms with E-state index in [9.17, 15) is 0 Å². The SMILES string of the molecule is CCCCCCCC(NCC)c1cncc(Br)c1. The van der Waals surface area contributed by atoms with Crippen molar-refractivity contribution in [3.63, 3.8) is 0 Å². The molecule has 1 aromatic rings. The lowest BCUT2D eigenvalue weighted by atomic mass is 10.0. The number of unbranched alkanes of at least 4 members (excludes halogenated alkanes) is 4. The van der Waals surface area contributed by atoms with Crippen LogP contribution in [0, 0.1) is 0 Å². The van der Waals surface area contributed by atoms with Gasteiger partial charge in [-0.2, -0.15) is 0 Å². The van der Waals surface area contributed by atoms with Crippen molar-refractivity contribution in [3.8, 4) is 0 Å². The molecule has 18 heavy (non-hydrogen) atoms. The van der Waals surface area contributed by atoms with Crippen LogP contribution in [-0.4, -0.2) is 11.5 Å². The Hall–Kier alpha value is -0.410. The Morgan fingerprint density at radius 1 is 1.17 bits per heavy atom. The Balaban J connectivity index is 2.44. The zero-order valence-electron chi connectivity index (χ0n) is 11.6. The molecule has 0 aliphatic heterocycles. The average Bonchev–Trinajstić information content (AvgIpc) is 2.37. The molecule has 1 N–H and O–H groups in total. The quantitative estimate of drug-likeness (QED) is 0.659. The highest BCUT2D eigenvalue weighted by Crippen LogP contribution is 2.22. The van der Waals surface area contributed by atoms with Gasteiger partial charge in [0.2, 0.25) is 0 Å². The van der Waals surface area contributed by atoms with Gasteiger partial charge in [0, 0.05) is 22.9 Å². The van der Waals surface area contributed by atoms with E-state index in [-0.39, 0.29) is 0 Å². The molecule has 0 radical (unpaired) electrons. The van der Waals surface area contributed by atoms with Crippen molar-refractivity contribution in [3.05, 3.63) is 28.5 Å². The molecule has 1 heterocycles. The van der Waals surface area contributed by atoms with Gasteiger partial charge in [-0.3, -0.25) is 4.98 Å². The summed E-state index contributed by atoms with van der Waals surface area (Å²) in [6.07, 6.45) is 11.7. The highest BCUT2D eigenvalue weighted by molar-refractivity contribution is 9.10. The molecule has 0 spiro atoms. The van der Waals surface area contributed by atoms with E-state index in [4.69, 9.17) is 0 Å². The van der Waals surface area contributed by atoms with Crippen LogP contribution in [0.4, 0.5) is 0 Å². The number of aromatic nitrogens is 1. The van der Waals surface area contributed by atoms with Gasteiger partial charge in [-0.05, 0) is 40.5 Å². The smallest absolute Gasteiger partial charge is 0.0410 e. The van der Waals surface area contributed by atoms with Gasteiger partial charge in [-0.1, -0.05) is 46.0 Å². The third-order valence-electron chi connectivity index (χ3n) is 3.18. The molecule has 102 valence electrons. The summed E-state index contributed by atoms with van der Waals surface area (Å²) in [5.41, 5.74) is 1.29. The molecule has 2 nitrogen and oxygen atoms in total. The van der Waals surface area contributed by atoms with Crippen molar-refractivity contribution in [2.24, 2.45) is 0 Å². The molecule has 3 heteroatoms. The normalized spacial score (nSPS) is 12.6. The van der Waals surface area contributed by atoms with Gasteiger partial charge < -0.3 is 5.32 Å². The molecule has 1 aromatic heterocycles. The second-order valence-corrected chi connectivity index (χ2v) is 5.67. The van der Waals surface area contributed by atoms with Crippen LogP contribution in [0.15, 0.2) is 22.9 Å². The predicted molar refractivity (Wildman–Crippen MR) is 81.7 cm³/mol. The maximum absolute atomic E-state index is 4.26. The summed E-state index contributed by atoms with van der Waals surface area (Å²) in [5.74, 6) is 0. The van der Waals surface area contributed by atoms with E-state index in [1.165, 1.54) is 44.1 Å². The minimum absolute atomic E-state index is 0.446. The molecule has 0 aliphatic rings. The first kappa shape index (κ1) is 15.6. The Morgan fingerprint density at radius 3 is 2.61 bits per heavy atom. The summed E-state index contributed by atoms with van der Waals surface area (Å²) >= 11 is 3.49. The largest absolute Gasteiger partial charge is 0.310 e. The average molecular weight is 313 g/mol. The van der Waals surface area contributed by atoms with Gasteiger partial charge in [0.15, 0.2) is 0 Å². The first-order chi connectivity index (χ1) is 8.77. The van der Waals surface area contributed by atoms with Crippen molar-refractivity contribution in [2.75, 3.05) is 6.54 Å². The monoisotopic (exact) mass is 312 g/mol. The summed E-state index contributed by atoms with van der Waals surface area (Å²) in [5, 5.41) is 3.56. The number of hydrogen-bond acceptors (Lipinski definition) is 2. The fourth-order valence-electron chi connectivity index (χ4n) is 2.20. The first-order valence-electron chi connectivity index (χ1n) is 7.11. The number of halogens is 1. The fraction of sp³-hybridized carbons (Fsp3) is 0.667. The zero-order valence-corrected chi connectivity index (χ0v) is 13.2. The lowest BCUT2D eigenvalue weighted by Crippen LogP contribution is -2.21. The number of nitrogens with zero attached hydrogens (tertiary/aromatic N) is 1. The number of nitrogens with one attached hydrogen (secondary N) is 1. The molecule has 0 aromatic carbocycles. The Kier molecular flexibility index (Phi) is 8.27. The molecule has 1 unspecified atom stereocenters. The van der Waals surface area contributed by atoms with Crippen LogP contribution in [0.1, 0.15) is 64.0 Å². The molecular formula is C15H25BrN2. The van der Waals surface area contributed by atoms with Gasteiger partial charge in [-0.25, -0.2) is 0 Å². The van der Waals surface area contributed by atoms with Crippen LogP contribution >= 0.6 is 15.9 Å². The molecule has 0 fully saturated rings. The maximum atomic E-state index is 4.26. The number of hydrogen-bond donors (Lipinski definition) is 1. The van der Waals surface area contributed by atoms with Crippen LogP contribution < -0.4 is 5.32 Å². The topological polar surface area (TPSA) is 24.9 Å². The minimum Gasteiger partial charge on any atom is -0.310 e. The first-order valence-corrected chi connectivity index (χ1v) is 7.91. The van der Waals surface area contributed by atoms with Crippen LogP contribution in [-0.2, 0) is 0 Å². The predicted octanol–water partition coefficient (Wildman–Crippen LogP) is 4.86. The third kappa shape index (κ3) is 5.96. The number of pyridine rings is 1. The van der Waals surface area contributed by atoms with Crippen molar-refractivity contribution >= 4 is 15.9 Å². The molecule has 1 atom stereocenters. The lowest BCUT2D eigenvalue weighted by Gasteiger charge is -2.18. The van der Waals surface area contributed by atoms with Crippen LogP contribution in [0.5, 0.6) is 0 Å². The summed E-state index contributed by atoms with van der Waals surface area (Å²) in [7, 11) is 0. The van der Waals surface area contributed by atoms with E-state index in [0.29, 0.717) is 6.04 Å². The van der Waals surface area contributed by atoms with Crippen molar-refractivity contribution < 1.29 is 0 Å². The van der Waals surface area contributed by atoms with Gasteiger partial charge >= 0.3 is 0 Å². The standard InChI is InChI=1S/C15H25BrN2/c1-3-5-6-7-8-9-15(18-4-2)13-10-14(16)12-17-11-13/h10-12,15,18H,3-9H2,1-2H3. The number of rotatable bonds is 9. The lowest BCUT2D eigenvalue weighted by molar-refractivity contribution is 0.477. The highest BCUT2D eigenvalue weighted by atomic mass is 79.9. The summed E-state index contributed by atoms with van der Waals surface area (Å²) in [4.78, 5) is 4.26. The van der Waals surface area contributed by atoms with Crippen molar-refractivity contribution in [1.29, 1.82) is 0 Å². The Bertz CT molecular complexity index is 328. The van der Waals surface area contributed by atoms with E-state index in [2.05, 4.69) is 46.1 Å². The molecular weight excluding hydrogens is 288 g/mol. The van der Waals surface area contributed by atoms with Gasteiger partial charge in [-0.15, -0.1) is 0 Å². The fourth-order valence-corrected chi connectivity index (χ4v) is 2.59. The van der Waals surface area contributed by atoms with Crippen LogP contribution in [0.2, 0.25) is 0 Å². The van der Waals surface area contributed by atoms with Crippen LogP contribution in [0.25, 0.3) is 0 Å². The van der Waals surface area contributed by atoms with Crippen LogP contribution in [0.3, 0.4) is 0 Å². The third-order valence-corrected chi connectivity index (χ3v) is 3.61. The van der Waals surface area contributed by atoms with E-state index >= 15 is 0 Å². The summed E-state index contributed by atoms with van der Waals surface area (Å²) in [6, 6.07) is 2.62. The highest BCUT2D eigenvalue weighted by Gasteiger charge is 2.10. The molecule has 0 aliphatic carbocycles. The second-order valence-electron chi connectivity index (χ2n) is 4.75. The Morgan fingerprint density at radius 2 is 1.94 bits per heavy atom. The van der Waals surface area contributed by atoms with Gasteiger partial charge in [0.05, 0.1) is 0 Å². The summed E-state index contributed by atoms with van der Waals surface area (Å²) < 4.78 is 1.06. The molecule has 0 amide bonds. The van der Waals surface area contributed by atoms with Gasteiger partial charge in [0.25, 0.3) is 0 Å². The zero-order chi connectivity index (χ0) is 13.2. The van der Waals surface area contributed by atoms with Crippen molar-refractivity contribution in [1.82, 2.24) is 10.3 Å². The van der Waals surface area contributed by atoms with E-state index in [1.807, 2.05) is 12.4 Å².